The van der Waals surface area contributed by atoms with E-state index in [-0.39, 0.29) is 11.4 Å². The maximum Gasteiger partial charge on any atom is 0.354 e. The first-order valence-corrected chi connectivity index (χ1v) is 4.04. The Morgan fingerprint density at radius 2 is 2.36 bits per heavy atom. The first-order chi connectivity index (χ1) is 6.63. The van der Waals surface area contributed by atoms with Crippen molar-refractivity contribution in [2.45, 2.75) is 0 Å². The highest BCUT2D eigenvalue weighted by Crippen LogP contribution is 2.26. The van der Waals surface area contributed by atoms with E-state index >= 15 is 0 Å². The van der Waals surface area contributed by atoms with Gasteiger partial charge in [0.2, 0.25) is 0 Å². The molecule has 0 aromatic carbocycles. The summed E-state index contributed by atoms with van der Waals surface area (Å²) in [7, 11) is 1.67. The van der Waals surface area contributed by atoms with E-state index < -0.39 is 5.97 Å². The van der Waals surface area contributed by atoms with Crippen LogP contribution in [-0.4, -0.2) is 20.6 Å². The zero-order valence-corrected chi connectivity index (χ0v) is 7.56. The SMILES string of the molecule is Cn1c(C(=O)O)c(N)c2cnccc21. The van der Waals surface area contributed by atoms with Crippen LogP contribution in [0.5, 0.6) is 0 Å². The zero-order valence-electron chi connectivity index (χ0n) is 7.56. The summed E-state index contributed by atoms with van der Waals surface area (Å²) < 4.78 is 1.55. The largest absolute Gasteiger partial charge is 0.477 e. The van der Waals surface area contributed by atoms with Crippen LogP contribution in [0.15, 0.2) is 18.5 Å². The molecule has 0 fully saturated rings. The Labute approximate surface area is 79.8 Å². The number of fused-ring (bicyclic) bond motifs is 1. The Hall–Kier alpha value is -2.04. The second kappa shape index (κ2) is 2.73. The fourth-order valence-electron chi connectivity index (χ4n) is 1.57. The summed E-state index contributed by atoms with van der Waals surface area (Å²) in [5.41, 5.74) is 6.84. The van der Waals surface area contributed by atoms with Crippen LogP contribution < -0.4 is 5.73 Å². The summed E-state index contributed by atoms with van der Waals surface area (Å²) in [6.45, 7) is 0. The molecule has 0 unspecified atom stereocenters. The number of carboxylic acids is 1. The highest BCUT2D eigenvalue weighted by molar-refractivity contribution is 6.04. The lowest BCUT2D eigenvalue weighted by atomic mass is 10.3. The van der Waals surface area contributed by atoms with Gasteiger partial charge in [0.1, 0.15) is 0 Å². The van der Waals surface area contributed by atoms with Crippen molar-refractivity contribution in [2.24, 2.45) is 7.05 Å². The maximum atomic E-state index is 10.9. The highest BCUT2D eigenvalue weighted by Gasteiger charge is 2.17. The number of aromatic carboxylic acids is 1. The van der Waals surface area contributed by atoms with Crippen LogP contribution in [0, 0.1) is 0 Å². The molecule has 72 valence electrons. The van der Waals surface area contributed by atoms with Crippen molar-refractivity contribution in [2.75, 3.05) is 5.73 Å². The van der Waals surface area contributed by atoms with Gasteiger partial charge in [-0.2, -0.15) is 0 Å². The molecule has 0 bridgehead atoms. The van der Waals surface area contributed by atoms with Gasteiger partial charge >= 0.3 is 5.97 Å². The van der Waals surface area contributed by atoms with Gasteiger partial charge in [0.15, 0.2) is 5.69 Å². The van der Waals surface area contributed by atoms with E-state index in [1.807, 2.05) is 0 Å². The van der Waals surface area contributed by atoms with E-state index in [9.17, 15) is 4.79 Å². The molecule has 0 atom stereocenters. The van der Waals surface area contributed by atoms with Gasteiger partial charge in [-0.05, 0) is 6.07 Å². The predicted octanol–water partition coefficient (Wildman–Crippen LogP) is 0.854. The fourth-order valence-corrected chi connectivity index (χ4v) is 1.57. The molecule has 0 aliphatic carbocycles. The zero-order chi connectivity index (χ0) is 10.3. The average molecular weight is 191 g/mol. The van der Waals surface area contributed by atoms with Crippen LogP contribution in [0.1, 0.15) is 10.5 Å². The summed E-state index contributed by atoms with van der Waals surface area (Å²) in [6.07, 6.45) is 3.17. The molecule has 3 N–H and O–H groups in total. The molecule has 2 rings (SSSR count). The van der Waals surface area contributed by atoms with E-state index in [1.165, 1.54) is 0 Å². The van der Waals surface area contributed by atoms with Crippen LogP contribution in [0.3, 0.4) is 0 Å². The standard InChI is InChI=1S/C9H9N3O2/c1-12-6-2-3-11-4-5(6)7(10)8(12)9(13)14/h2-4H,10H2,1H3,(H,13,14). The monoisotopic (exact) mass is 191 g/mol. The van der Waals surface area contributed by atoms with Crippen molar-refractivity contribution in [1.29, 1.82) is 0 Å². The second-order valence-electron chi connectivity index (χ2n) is 3.02. The summed E-state index contributed by atoms with van der Waals surface area (Å²) in [5.74, 6) is -1.03. The number of carboxylic acid groups (broad SMARTS) is 1. The van der Waals surface area contributed by atoms with Crippen molar-refractivity contribution in [1.82, 2.24) is 9.55 Å². The van der Waals surface area contributed by atoms with E-state index in [4.69, 9.17) is 10.8 Å². The van der Waals surface area contributed by atoms with E-state index in [0.717, 1.165) is 5.52 Å². The lowest BCUT2D eigenvalue weighted by Gasteiger charge is -1.98. The number of nitrogen functional groups attached to an aromatic ring is 1. The Kier molecular flexibility index (Phi) is 1.67. The van der Waals surface area contributed by atoms with Crippen molar-refractivity contribution in [3.8, 4) is 0 Å². The predicted molar refractivity (Wildman–Crippen MR) is 52.1 cm³/mol. The minimum atomic E-state index is -1.03. The molecular formula is C9H9N3O2. The van der Waals surface area contributed by atoms with Crippen molar-refractivity contribution in [3.63, 3.8) is 0 Å². The van der Waals surface area contributed by atoms with Gasteiger partial charge in [-0.15, -0.1) is 0 Å². The van der Waals surface area contributed by atoms with Crippen molar-refractivity contribution in [3.05, 3.63) is 24.2 Å². The van der Waals surface area contributed by atoms with Gasteiger partial charge < -0.3 is 15.4 Å². The lowest BCUT2D eigenvalue weighted by Crippen LogP contribution is -2.06. The highest BCUT2D eigenvalue weighted by atomic mass is 16.4. The summed E-state index contributed by atoms with van der Waals surface area (Å²) in [4.78, 5) is 14.8. The van der Waals surface area contributed by atoms with Crippen LogP contribution >= 0.6 is 0 Å². The topological polar surface area (TPSA) is 81.1 Å². The number of pyridine rings is 1. The number of aryl methyl sites for hydroxylation is 1. The first-order valence-electron chi connectivity index (χ1n) is 4.04. The van der Waals surface area contributed by atoms with Crippen LogP contribution in [0.25, 0.3) is 10.9 Å². The number of rotatable bonds is 1. The summed E-state index contributed by atoms with van der Waals surface area (Å²) >= 11 is 0. The summed E-state index contributed by atoms with van der Waals surface area (Å²) in [5, 5.41) is 9.60. The molecule has 2 aromatic rings. The van der Waals surface area contributed by atoms with E-state index in [2.05, 4.69) is 4.98 Å². The van der Waals surface area contributed by atoms with Gasteiger partial charge in [-0.1, -0.05) is 0 Å². The molecule has 0 amide bonds. The number of hydrogen-bond acceptors (Lipinski definition) is 3. The van der Waals surface area contributed by atoms with Gasteiger partial charge in [-0.25, -0.2) is 4.79 Å². The van der Waals surface area contributed by atoms with Crippen molar-refractivity contribution < 1.29 is 9.90 Å². The second-order valence-corrected chi connectivity index (χ2v) is 3.02. The Bertz CT molecular complexity index is 477. The van der Waals surface area contributed by atoms with E-state index in [0.29, 0.717) is 5.39 Å². The molecule has 0 aliphatic rings. The van der Waals surface area contributed by atoms with Gasteiger partial charge in [0, 0.05) is 24.8 Å². The Morgan fingerprint density at radius 3 is 2.93 bits per heavy atom. The molecule has 14 heavy (non-hydrogen) atoms. The molecule has 2 aromatic heterocycles. The smallest absolute Gasteiger partial charge is 0.354 e. The quantitative estimate of drug-likeness (QED) is 0.700. The van der Waals surface area contributed by atoms with Gasteiger partial charge in [0.25, 0.3) is 0 Å². The number of carbonyl (C=O) groups is 1. The Morgan fingerprint density at radius 1 is 1.64 bits per heavy atom. The van der Waals surface area contributed by atoms with Gasteiger partial charge in [-0.3, -0.25) is 4.98 Å². The molecule has 5 nitrogen and oxygen atoms in total. The third kappa shape index (κ3) is 0.953. The number of nitrogens with zero attached hydrogens (tertiary/aromatic N) is 2. The van der Waals surface area contributed by atoms with Crippen LogP contribution in [0.4, 0.5) is 5.69 Å². The molecule has 0 saturated carbocycles. The number of aromatic nitrogens is 2. The normalized spacial score (nSPS) is 10.6. The minimum absolute atomic E-state index is 0.105. The molecular weight excluding hydrogens is 182 g/mol. The first kappa shape index (κ1) is 8.55. The molecule has 2 heterocycles. The van der Waals surface area contributed by atoms with E-state index in [1.54, 1.807) is 30.1 Å². The molecule has 0 radical (unpaired) electrons. The van der Waals surface area contributed by atoms with Crippen LogP contribution in [-0.2, 0) is 7.05 Å². The molecule has 5 heteroatoms. The third-order valence-corrected chi connectivity index (χ3v) is 2.24. The third-order valence-electron chi connectivity index (χ3n) is 2.24. The Balaban J connectivity index is 2.92. The molecule has 0 saturated heterocycles. The number of hydrogen-bond donors (Lipinski definition) is 2. The number of nitrogens with two attached hydrogens (primary N) is 1. The summed E-state index contributed by atoms with van der Waals surface area (Å²) in [6, 6.07) is 1.73. The maximum absolute atomic E-state index is 10.9. The fraction of sp³-hybridized carbons (Fsp3) is 0.111. The molecule has 0 aliphatic heterocycles. The average Bonchev–Trinajstić information content (AvgIpc) is 2.41. The molecule has 0 spiro atoms. The number of anilines is 1. The lowest BCUT2D eigenvalue weighted by molar-refractivity contribution is 0.0688. The van der Waals surface area contributed by atoms with Gasteiger partial charge in [0.05, 0.1) is 11.2 Å². The minimum Gasteiger partial charge on any atom is -0.477 e. The van der Waals surface area contributed by atoms with Crippen LogP contribution in [0.2, 0.25) is 0 Å². The van der Waals surface area contributed by atoms with Crippen molar-refractivity contribution >= 4 is 22.6 Å².